The quantitative estimate of drug-likeness (QED) is 0.664. The van der Waals surface area contributed by atoms with Crippen LogP contribution in [0.2, 0.25) is 0 Å². The molecule has 1 rings (SSSR count). The van der Waals surface area contributed by atoms with Gasteiger partial charge in [-0.25, -0.2) is 0 Å². The van der Waals surface area contributed by atoms with Crippen molar-refractivity contribution < 1.29 is 14.5 Å². The maximum atomic E-state index is 11.9. The Bertz CT molecular complexity index is 530. The first-order valence-corrected chi connectivity index (χ1v) is 6.43. The Morgan fingerprint density at radius 1 is 1.42 bits per heavy atom. The van der Waals surface area contributed by atoms with Crippen LogP contribution in [-0.4, -0.2) is 22.7 Å². The number of carbonyl (C=O) groups excluding carboxylic acids is 2. The van der Waals surface area contributed by atoms with Crippen molar-refractivity contribution in [1.82, 2.24) is 5.32 Å². The first-order chi connectivity index (χ1) is 8.85. The number of non-ortho nitro benzene ring substituents is 1. The third-order valence-corrected chi connectivity index (χ3v) is 2.99. The average Bonchev–Trinajstić information content (AvgIpc) is 2.36. The molecule has 1 amide bonds. The normalized spacial score (nSPS) is 11.7. The summed E-state index contributed by atoms with van der Waals surface area (Å²) in [5.74, 6) is -0.614. The van der Waals surface area contributed by atoms with Crippen LogP contribution >= 0.6 is 15.9 Å². The van der Waals surface area contributed by atoms with Gasteiger partial charge in [0.1, 0.15) is 0 Å². The molecule has 7 heteroatoms. The minimum absolute atomic E-state index is 0.0992. The van der Waals surface area contributed by atoms with E-state index in [1.165, 1.54) is 18.2 Å². The molecule has 1 aromatic rings. The molecular weight excluding hydrogens is 316 g/mol. The van der Waals surface area contributed by atoms with Crippen molar-refractivity contribution in [3.8, 4) is 0 Å². The van der Waals surface area contributed by atoms with E-state index in [-0.39, 0.29) is 17.0 Å². The van der Waals surface area contributed by atoms with E-state index in [2.05, 4.69) is 21.2 Å². The number of hydrogen-bond donors (Lipinski definition) is 1. The number of halogens is 1. The van der Waals surface area contributed by atoms with Crippen LogP contribution in [-0.2, 0) is 4.79 Å². The topological polar surface area (TPSA) is 89.3 Å². The van der Waals surface area contributed by atoms with Crippen LogP contribution in [0.15, 0.2) is 22.7 Å². The minimum Gasteiger partial charge on any atom is -0.343 e. The molecule has 0 aromatic heterocycles. The average molecular weight is 329 g/mol. The maximum Gasteiger partial charge on any atom is 0.271 e. The summed E-state index contributed by atoms with van der Waals surface area (Å²) in [7, 11) is 0. The van der Waals surface area contributed by atoms with E-state index in [0.717, 1.165) is 0 Å². The molecule has 0 radical (unpaired) electrons. The predicted octanol–water partition coefficient (Wildman–Crippen LogP) is 2.45. The van der Waals surface area contributed by atoms with Crippen LogP contribution in [0, 0.1) is 10.1 Å². The molecule has 1 unspecified atom stereocenters. The third-order valence-electron chi connectivity index (χ3n) is 2.53. The van der Waals surface area contributed by atoms with Crippen molar-refractivity contribution in [2.75, 3.05) is 0 Å². The molecule has 0 spiro atoms. The molecule has 0 heterocycles. The number of nitrogens with one attached hydrogen (secondary N) is 1. The van der Waals surface area contributed by atoms with Gasteiger partial charge in [0.05, 0.1) is 11.0 Å². The van der Waals surface area contributed by atoms with Crippen LogP contribution in [0.25, 0.3) is 0 Å². The summed E-state index contributed by atoms with van der Waals surface area (Å²) in [5.41, 5.74) is -0.0502. The fourth-order valence-corrected chi connectivity index (χ4v) is 1.96. The summed E-state index contributed by atoms with van der Waals surface area (Å²) < 4.78 is 0.432. The molecule has 0 aliphatic rings. The van der Waals surface area contributed by atoms with E-state index in [1.54, 1.807) is 13.8 Å². The van der Waals surface area contributed by atoms with Gasteiger partial charge in [-0.05, 0) is 13.0 Å². The smallest absolute Gasteiger partial charge is 0.271 e. The number of benzene rings is 1. The number of Topliss-reactive ketones (excluding diaryl/α,β-unsaturated/α-hetero) is 1. The van der Waals surface area contributed by atoms with Gasteiger partial charge in [-0.2, -0.15) is 0 Å². The standard InChI is InChI=1S/C12H13BrN2O4/c1-3-11(16)7(2)14-12(17)8-4-9(13)6-10(5-8)15(18)19/h4-7H,3H2,1-2H3,(H,14,17). The lowest BCUT2D eigenvalue weighted by Crippen LogP contribution is -2.38. The van der Waals surface area contributed by atoms with E-state index >= 15 is 0 Å². The SMILES string of the molecule is CCC(=O)C(C)NC(=O)c1cc(Br)cc([N+](=O)[O-])c1. The summed E-state index contributed by atoms with van der Waals surface area (Å²) in [6.07, 6.45) is 0.320. The molecule has 0 saturated carbocycles. The van der Waals surface area contributed by atoms with Crippen LogP contribution in [0.4, 0.5) is 5.69 Å². The van der Waals surface area contributed by atoms with Gasteiger partial charge in [-0.15, -0.1) is 0 Å². The molecule has 6 nitrogen and oxygen atoms in total. The molecule has 102 valence electrons. The van der Waals surface area contributed by atoms with Gasteiger partial charge in [0.25, 0.3) is 11.6 Å². The van der Waals surface area contributed by atoms with Gasteiger partial charge < -0.3 is 5.32 Å². The Hall–Kier alpha value is -1.76. The molecule has 0 fully saturated rings. The van der Waals surface area contributed by atoms with Gasteiger partial charge in [0.2, 0.25) is 0 Å². The zero-order valence-corrected chi connectivity index (χ0v) is 12.1. The summed E-state index contributed by atoms with van der Waals surface area (Å²) in [5, 5.41) is 13.2. The van der Waals surface area contributed by atoms with E-state index < -0.39 is 16.9 Å². The Morgan fingerprint density at radius 2 is 2.05 bits per heavy atom. The number of nitrogens with zero attached hydrogens (tertiary/aromatic N) is 1. The van der Waals surface area contributed by atoms with E-state index in [4.69, 9.17) is 0 Å². The predicted molar refractivity (Wildman–Crippen MR) is 73.0 cm³/mol. The summed E-state index contributed by atoms with van der Waals surface area (Å²) in [4.78, 5) is 33.4. The first-order valence-electron chi connectivity index (χ1n) is 5.63. The highest BCUT2D eigenvalue weighted by Gasteiger charge is 2.18. The third kappa shape index (κ3) is 4.13. The first kappa shape index (κ1) is 15.3. The van der Waals surface area contributed by atoms with Crippen LogP contribution in [0.1, 0.15) is 30.6 Å². The number of amides is 1. The Kier molecular flexibility index (Phi) is 5.17. The van der Waals surface area contributed by atoms with Gasteiger partial charge in [-0.3, -0.25) is 19.7 Å². The van der Waals surface area contributed by atoms with Crippen molar-refractivity contribution >= 4 is 33.3 Å². The number of rotatable bonds is 5. The van der Waals surface area contributed by atoms with E-state index in [0.29, 0.717) is 10.9 Å². The van der Waals surface area contributed by atoms with Crippen molar-refractivity contribution in [2.24, 2.45) is 0 Å². The van der Waals surface area contributed by atoms with Crippen LogP contribution < -0.4 is 5.32 Å². The second kappa shape index (κ2) is 6.42. The lowest BCUT2D eigenvalue weighted by atomic mass is 10.1. The lowest BCUT2D eigenvalue weighted by Gasteiger charge is -2.11. The Morgan fingerprint density at radius 3 is 2.58 bits per heavy atom. The highest BCUT2D eigenvalue weighted by molar-refractivity contribution is 9.10. The lowest BCUT2D eigenvalue weighted by molar-refractivity contribution is -0.385. The molecule has 0 bridgehead atoms. The highest BCUT2D eigenvalue weighted by atomic mass is 79.9. The number of nitro benzene ring substituents is 1. The maximum absolute atomic E-state index is 11.9. The van der Waals surface area contributed by atoms with Gasteiger partial charge in [-0.1, -0.05) is 22.9 Å². The largest absolute Gasteiger partial charge is 0.343 e. The number of ketones is 1. The molecule has 0 aliphatic carbocycles. The minimum atomic E-state index is -0.615. The monoisotopic (exact) mass is 328 g/mol. The zero-order chi connectivity index (χ0) is 14.6. The molecular formula is C12H13BrN2O4. The molecule has 0 aliphatic heterocycles. The fourth-order valence-electron chi connectivity index (χ4n) is 1.48. The van der Waals surface area contributed by atoms with E-state index in [9.17, 15) is 19.7 Å². The fraction of sp³-hybridized carbons (Fsp3) is 0.333. The molecule has 0 saturated heterocycles. The second-order valence-electron chi connectivity index (χ2n) is 3.97. The van der Waals surface area contributed by atoms with Crippen LogP contribution in [0.5, 0.6) is 0 Å². The van der Waals surface area contributed by atoms with E-state index in [1.807, 2.05) is 0 Å². The highest BCUT2D eigenvalue weighted by Crippen LogP contribution is 2.21. The Balaban J connectivity index is 2.94. The number of carbonyl (C=O) groups is 2. The van der Waals surface area contributed by atoms with Crippen molar-refractivity contribution in [2.45, 2.75) is 26.3 Å². The number of nitro groups is 1. The summed E-state index contributed by atoms with van der Waals surface area (Å²) >= 11 is 3.11. The molecule has 1 atom stereocenters. The molecule has 1 N–H and O–H groups in total. The van der Waals surface area contributed by atoms with Crippen LogP contribution in [0.3, 0.4) is 0 Å². The molecule has 19 heavy (non-hydrogen) atoms. The molecule has 1 aromatic carbocycles. The van der Waals surface area contributed by atoms with Crippen molar-refractivity contribution in [1.29, 1.82) is 0 Å². The van der Waals surface area contributed by atoms with Gasteiger partial charge in [0, 0.05) is 28.6 Å². The van der Waals surface area contributed by atoms with Crippen molar-refractivity contribution in [3.05, 3.63) is 38.3 Å². The second-order valence-corrected chi connectivity index (χ2v) is 4.89. The summed E-state index contributed by atoms with van der Waals surface area (Å²) in [6, 6.07) is 3.32. The summed E-state index contributed by atoms with van der Waals surface area (Å²) in [6.45, 7) is 3.28. The van der Waals surface area contributed by atoms with Gasteiger partial charge in [0.15, 0.2) is 5.78 Å². The van der Waals surface area contributed by atoms with Gasteiger partial charge >= 0.3 is 0 Å². The zero-order valence-electron chi connectivity index (χ0n) is 10.5. The van der Waals surface area contributed by atoms with Crippen molar-refractivity contribution in [3.63, 3.8) is 0 Å². The Labute approximate surface area is 118 Å². The number of hydrogen-bond acceptors (Lipinski definition) is 4.